The summed E-state index contributed by atoms with van der Waals surface area (Å²) >= 11 is 0. The summed E-state index contributed by atoms with van der Waals surface area (Å²) in [5.74, 6) is -1.58. The van der Waals surface area contributed by atoms with Gasteiger partial charge >= 0.3 is 5.97 Å². The molecular weight excluding hydrogens is 182 g/mol. The predicted molar refractivity (Wildman–Crippen MR) is 53.9 cm³/mol. The maximum absolute atomic E-state index is 11.2. The fourth-order valence-corrected chi connectivity index (χ4v) is 1.79. The van der Waals surface area contributed by atoms with E-state index in [1.807, 2.05) is 0 Å². The molecule has 0 aromatic heterocycles. The summed E-state index contributed by atoms with van der Waals surface area (Å²) in [6, 6.07) is 0. The van der Waals surface area contributed by atoms with Crippen molar-refractivity contribution in [1.82, 2.24) is 5.32 Å². The molecule has 0 saturated carbocycles. The quantitative estimate of drug-likeness (QED) is 0.719. The zero-order chi connectivity index (χ0) is 11.5. The molecule has 14 heavy (non-hydrogen) atoms. The molecule has 0 radical (unpaired) electrons. The van der Waals surface area contributed by atoms with Gasteiger partial charge < -0.3 is 10.4 Å². The smallest absolute Gasteiger partial charge is 0.329 e. The maximum Gasteiger partial charge on any atom is 0.329 e. The summed E-state index contributed by atoms with van der Waals surface area (Å²) in [6.45, 7) is 8.52. The van der Waals surface area contributed by atoms with Crippen molar-refractivity contribution in [2.45, 2.75) is 40.2 Å². The van der Waals surface area contributed by atoms with E-state index in [1.54, 1.807) is 27.7 Å². The molecule has 0 aliphatic carbocycles. The Morgan fingerprint density at radius 1 is 1.14 bits per heavy atom. The lowest BCUT2D eigenvalue weighted by atomic mass is 9.77. The minimum Gasteiger partial charge on any atom is -0.479 e. The van der Waals surface area contributed by atoms with Crippen molar-refractivity contribution in [3.05, 3.63) is 0 Å². The molecule has 0 aromatic carbocycles. The molecule has 0 aliphatic heterocycles. The molecular formula is C10H19NO3. The van der Waals surface area contributed by atoms with Crippen molar-refractivity contribution in [3.8, 4) is 0 Å². The summed E-state index contributed by atoms with van der Waals surface area (Å²) < 4.78 is 0. The Morgan fingerprint density at radius 2 is 1.50 bits per heavy atom. The van der Waals surface area contributed by atoms with E-state index in [-0.39, 0.29) is 17.7 Å². The van der Waals surface area contributed by atoms with Crippen LogP contribution in [0.3, 0.4) is 0 Å². The van der Waals surface area contributed by atoms with Crippen LogP contribution in [0.1, 0.15) is 34.6 Å². The lowest BCUT2D eigenvalue weighted by Gasteiger charge is -2.37. The van der Waals surface area contributed by atoms with Gasteiger partial charge in [0, 0.05) is 6.92 Å². The van der Waals surface area contributed by atoms with E-state index in [4.69, 9.17) is 0 Å². The molecule has 82 valence electrons. The van der Waals surface area contributed by atoms with Gasteiger partial charge in [0.15, 0.2) is 0 Å². The average Bonchev–Trinajstić information content (AvgIpc) is 1.97. The van der Waals surface area contributed by atoms with E-state index in [1.165, 1.54) is 6.92 Å². The van der Waals surface area contributed by atoms with Gasteiger partial charge in [0.25, 0.3) is 0 Å². The van der Waals surface area contributed by atoms with Crippen LogP contribution >= 0.6 is 0 Å². The third-order valence-electron chi connectivity index (χ3n) is 2.56. The molecule has 1 amide bonds. The normalized spacial score (nSPS) is 11.9. The van der Waals surface area contributed by atoms with Crippen LogP contribution in [0.4, 0.5) is 0 Å². The standard InChI is InChI=1S/C10H19NO3/c1-6(2)10(7(3)4,9(13)14)11-8(5)12/h6-7H,1-5H3,(H,11,12)(H,13,14). The van der Waals surface area contributed by atoms with Gasteiger partial charge in [0.05, 0.1) is 0 Å². The Morgan fingerprint density at radius 3 is 1.57 bits per heavy atom. The van der Waals surface area contributed by atoms with Gasteiger partial charge in [-0.15, -0.1) is 0 Å². The topological polar surface area (TPSA) is 66.4 Å². The number of carbonyl (C=O) groups excluding carboxylic acids is 1. The third kappa shape index (κ3) is 2.25. The van der Waals surface area contributed by atoms with Crippen LogP contribution in [0.15, 0.2) is 0 Å². The van der Waals surface area contributed by atoms with Crippen molar-refractivity contribution in [3.63, 3.8) is 0 Å². The monoisotopic (exact) mass is 201 g/mol. The van der Waals surface area contributed by atoms with Crippen molar-refractivity contribution in [2.75, 3.05) is 0 Å². The number of carbonyl (C=O) groups is 2. The van der Waals surface area contributed by atoms with Gasteiger partial charge in [-0.05, 0) is 11.8 Å². The summed E-state index contributed by atoms with van der Waals surface area (Å²) in [5.41, 5.74) is -1.16. The number of aliphatic carboxylic acids is 1. The second-order valence-corrected chi connectivity index (χ2v) is 4.16. The van der Waals surface area contributed by atoms with Gasteiger partial charge in [-0.3, -0.25) is 4.79 Å². The molecule has 0 heterocycles. The van der Waals surface area contributed by atoms with Crippen LogP contribution in [0.5, 0.6) is 0 Å². The first kappa shape index (κ1) is 12.9. The first-order valence-electron chi connectivity index (χ1n) is 4.77. The number of nitrogens with one attached hydrogen (secondary N) is 1. The highest BCUT2D eigenvalue weighted by atomic mass is 16.4. The lowest BCUT2D eigenvalue weighted by Crippen LogP contribution is -2.61. The number of hydrogen-bond donors (Lipinski definition) is 2. The zero-order valence-corrected chi connectivity index (χ0v) is 9.42. The van der Waals surface area contributed by atoms with Gasteiger partial charge in [0.1, 0.15) is 5.54 Å². The van der Waals surface area contributed by atoms with Crippen LogP contribution in [0.2, 0.25) is 0 Å². The van der Waals surface area contributed by atoms with Crippen LogP contribution in [0, 0.1) is 11.8 Å². The van der Waals surface area contributed by atoms with Crippen molar-refractivity contribution < 1.29 is 14.7 Å². The Bertz CT molecular complexity index is 226. The molecule has 0 aromatic rings. The second kappa shape index (κ2) is 4.44. The summed E-state index contributed by atoms with van der Waals surface area (Å²) in [7, 11) is 0. The maximum atomic E-state index is 11.2. The molecule has 0 aliphatic rings. The van der Waals surface area contributed by atoms with E-state index in [0.717, 1.165) is 0 Å². The molecule has 4 nitrogen and oxygen atoms in total. The molecule has 0 bridgehead atoms. The van der Waals surface area contributed by atoms with Crippen LogP contribution in [-0.2, 0) is 9.59 Å². The second-order valence-electron chi connectivity index (χ2n) is 4.16. The number of carboxylic acid groups (broad SMARTS) is 1. The van der Waals surface area contributed by atoms with Crippen LogP contribution in [-0.4, -0.2) is 22.5 Å². The predicted octanol–water partition coefficient (Wildman–Crippen LogP) is 1.26. The minimum absolute atomic E-state index is 0.149. The summed E-state index contributed by atoms with van der Waals surface area (Å²) in [6.07, 6.45) is 0. The van der Waals surface area contributed by atoms with Crippen molar-refractivity contribution in [1.29, 1.82) is 0 Å². The molecule has 0 spiro atoms. The number of amides is 1. The van der Waals surface area contributed by atoms with Gasteiger partial charge in [-0.25, -0.2) is 4.79 Å². The number of rotatable bonds is 4. The van der Waals surface area contributed by atoms with Crippen LogP contribution in [0.25, 0.3) is 0 Å². The highest BCUT2D eigenvalue weighted by Crippen LogP contribution is 2.26. The highest BCUT2D eigenvalue weighted by molar-refractivity contribution is 5.86. The number of hydrogen-bond acceptors (Lipinski definition) is 2. The molecule has 0 saturated heterocycles. The molecule has 0 fully saturated rings. The lowest BCUT2D eigenvalue weighted by molar-refractivity contribution is -0.152. The molecule has 2 N–H and O–H groups in total. The summed E-state index contributed by atoms with van der Waals surface area (Å²) in [4.78, 5) is 22.2. The largest absolute Gasteiger partial charge is 0.479 e. The minimum atomic E-state index is -1.16. The zero-order valence-electron chi connectivity index (χ0n) is 9.42. The van der Waals surface area contributed by atoms with Crippen molar-refractivity contribution in [2.24, 2.45) is 11.8 Å². The third-order valence-corrected chi connectivity index (χ3v) is 2.56. The molecule has 4 heteroatoms. The highest BCUT2D eigenvalue weighted by Gasteiger charge is 2.45. The first-order valence-corrected chi connectivity index (χ1v) is 4.77. The van der Waals surface area contributed by atoms with Crippen molar-refractivity contribution >= 4 is 11.9 Å². The van der Waals surface area contributed by atoms with Crippen LogP contribution < -0.4 is 5.32 Å². The Hall–Kier alpha value is -1.06. The molecule has 0 atom stereocenters. The fourth-order valence-electron chi connectivity index (χ4n) is 1.79. The Kier molecular flexibility index (Phi) is 4.10. The Balaban J connectivity index is 5.16. The first-order chi connectivity index (χ1) is 6.25. The van der Waals surface area contributed by atoms with Gasteiger partial charge in [-0.2, -0.15) is 0 Å². The average molecular weight is 201 g/mol. The van der Waals surface area contributed by atoms with E-state index in [0.29, 0.717) is 0 Å². The van der Waals surface area contributed by atoms with E-state index < -0.39 is 11.5 Å². The Labute approximate surface area is 84.7 Å². The van der Waals surface area contributed by atoms with E-state index >= 15 is 0 Å². The fraction of sp³-hybridized carbons (Fsp3) is 0.800. The SMILES string of the molecule is CC(=O)NC(C(=O)O)(C(C)C)C(C)C. The molecule has 0 rings (SSSR count). The van der Waals surface area contributed by atoms with E-state index in [9.17, 15) is 14.7 Å². The van der Waals surface area contributed by atoms with E-state index in [2.05, 4.69) is 5.32 Å². The summed E-state index contributed by atoms with van der Waals surface area (Å²) in [5, 5.41) is 11.8. The number of carboxylic acids is 1. The molecule has 0 unspecified atom stereocenters. The van der Waals surface area contributed by atoms with Gasteiger partial charge in [-0.1, -0.05) is 27.7 Å². The van der Waals surface area contributed by atoms with Gasteiger partial charge in [0.2, 0.25) is 5.91 Å².